The van der Waals surface area contributed by atoms with Crippen LogP contribution in [0.15, 0.2) is 52.3 Å². The maximum atomic E-state index is 12.1. The van der Waals surface area contributed by atoms with Gasteiger partial charge in [-0.25, -0.2) is 9.78 Å². The average Bonchev–Trinajstić information content (AvgIpc) is 3.15. The molecule has 134 valence electrons. The zero-order valence-electron chi connectivity index (χ0n) is 13.9. The van der Waals surface area contributed by atoms with Crippen LogP contribution in [0.25, 0.3) is 10.6 Å². The average molecular weight is 434 g/mol. The number of carbonyl (C=O) groups is 1. The van der Waals surface area contributed by atoms with Crippen molar-refractivity contribution >= 4 is 33.2 Å². The second kappa shape index (κ2) is 8.44. The molecule has 0 amide bonds. The molecule has 5 nitrogen and oxygen atoms in total. The second-order valence-corrected chi connectivity index (χ2v) is 7.19. The van der Waals surface area contributed by atoms with Gasteiger partial charge in [0.1, 0.15) is 17.4 Å². The Hall–Kier alpha value is -2.22. The van der Waals surface area contributed by atoms with Gasteiger partial charge in [0.15, 0.2) is 0 Å². The number of carbonyl (C=O) groups excluding carboxylic acids is 1. The molecule has 0 radical (unpaired) electrons. The van der Waals surface area contributed by atoms with Gasteiger partial charge in [0, 0.05) is 9.85 Å². The summed E-state index contributed by atoms with van der Waals surface area (Å²) in [5, 5.41) is 11.7. The summed E-state index contributed by atoms with van der Waals surface area (Å²) in [4.78, 5) is 16.6. The zero-order chi connectivity index (χ0) is 18.5. The van der Waals surface area contributed by atoms with Crippen molar-refractivity contribution in [3.05, 3.63) is 69.1 Å². The van der Waals surface area contributed by atoms with Gasteiger partial charge in [0.05, 0.1) is 30.5 Å². The van der Waals surface area contributed by atoms with Crippen LogP contribution in [-0.2, 0) is 18.0 Å². The largest absolute Gasteiger partial charge is 0.496 e. The van der Waals surface area contributed by atoms with E-state index in [2.05, 4.69) is 20.9 Å². The monoisotopic (exact) mass is 433 g/mol. The van der Waals surface area contributed by atoms with E-state index in [0.29, 0.717) is 11.3 Å². The summed E-state index contributed by atoms with van der Waals surface area (Å²) >= 11 is 4.91. The molecule has 3 rings (SSSR count). The normalized spacial score (nSPS) is 10.6. The summed E-state index contributed by atoms with van der Waals surface area (Å²) in [5.74, 6) is 0.305. The van der Waals surface area contributed by atoms with Gasteiger partial charge in [-0.2, -0.15) is 0 Å². The Morgan fingerprint density at radius 1 is 1.23 bits per heavy atom. The van der Waals surface area contributed by atoms with Gasteiger partial charge >= 0.3 is 5.97 Å². The van der Waals surface area contributed by atoms with Gasteiger partial charge in [-0.15, -0.1) is 11.3 Å². The maximum absolute atomic E-state index is 12.1. The highest BCUT2D eigenvalue weighted by Crippen LogP contribution is 2.34. The second-order valence-electron chi connectivity index (χ2n) is 5.42. The number of nitrogens with zero attached hydrogens (tertiary/aromatic N) is 1. The van der Waals surface area contributed by atoms with Gasteiger partial charge in [-0.3, -0.25) is 0 Å². The molecule has 7 heteroatoms. The van der Waals surface area contributed by atoms with Crippen molar-refractivity contribution in [2.24, 2.45) is 0 Å². The first-order valence-electron chi connectivity index (χ1n) is 7.76. The maximum Gasteiger partial charge on any atom is 0.338 e. The van der Waals surface area contributed by atoms with Crippen LogP contribution in [0.3, 0.4) is 0 Å². The third kappa shape index (κ3) is 4.30. The molecule has 0 fully saturated rings. The van der Waals surface area contributed by atoms with E-state index in [0.717, 1.165) is 26.4 Å². The Morgan fingerprint density at radius 3 is 2.69 bits per heavy atom. The minimum atomic E-state index is -0.427. The number of rotatable bonds is 6. The summed E-state index contributed by atoms with van der Waals surface area (Å²) < 4.78 is 11.6. The molecule has 0 aliphatic carbocycles. The summed E-state index contributed by atoms with van der Waals surface area (Å²) in [7, 11) is 1.62. The zero-order valence-corrected chi connectivity index (χ0v) is 16.3. The summed E-state index contributed by atoms with van der Waals surface area (Å²) in [6.45, 7) is 0.0311. The Bertz CT molecular complexity index is 908. The topological polar surface area (TPSA) is 68.7 Å². The molecule has 0 unspecified atom stereocenters. The number of esters is 1. The van der Waals surface area contributed by atoms with Crippen molar-refractivity contribution in [2.75, 3.05) is 7.11 Å². The molecule has 0 spiro atoms. The molecule has 1 N–H and O–H groups in total. The van der Waals surface area contributed by atoms with E-state index in [4.69, 9.17) is 14.6 Å². The van der Waals surface area contributed by atoms with Crippen molar-refractivity contribution in [1.82, 2.24) is 4.98 Å². The number of aliphatic hydroxyl groups excluding tert-OH is 1. The fourth-order valence-electron chi connectivity index (χ4n) is 2.31. The van der Waals surface area contributed by atoms with Gasteiger partial charge < -0.3 is 14.6 Å². The van der Waals surface area contributed by atoms with Crippen molar-refractivity contribution in [2.45, 2.75) is 13.2 Å². The van der Waals surface area contributed by atoms with Crippen molar-refractivity contribution < 1.29 is 19.4 Å². The van der Waals surface area contributed by atoms with E-state index in [9.17, 15) is 4.79 Å². The van der Waals surface area contributed by atoms with Gasteiger partial charge in [-0.05, 0) is 35.9 Å². The smallest absolute Gasteiger partial charge is 0.338 e. The number of ether oxygens (including phenoxy) is 2. The lowest BCUT2D eigenvalue weighted by atomic mass is 10.1. The van der Waals surface area contributed by atoms with Gasteiger partial charge in [0.2, 0.25) is 0 Å². The predicted molar refractivity (Wildman–Crippen MR) is 103 cm³/mol. The molecule has 0 aliphatic heterocycles. The molecule has 2 aromatic carbocycles. The van der Waals surface area contributed by atoms with Crippen LogP contribution in [0.5, 0.6) is 5.75 Å². The summed E-state index contributed by atoms with van der Waals surface area (Å²) in [6.07, 6.45) is 0. The third-order valence-corrected chi connectivity index (χ3v) is 5.08. The molecule has 1 aromatic heterocycles. The molecular formula is C19H16BrNO4S. The highest BCUT2D eigenvalue weighted by atomic mass is 79.9. The third-order valence-electron chi connectivity index (χ3n) is 3.67. The summed E-state index contributed by atoms with van der Waals surface area (Å²) in [5.41, 5.74) is 2.73. The minimum absolute atomic E-state index is 0.0595. The standard InChI is InChI=1S/C19H16BrNO4S/c1-24-17-7-6-14(20)8-16(17)18-21-15(11-26-18)10-25-19(23)13-4-2-12(9-22)3-5-13/h2-8,11,22H,9-10H2,1H3. The Kier molecular flexibility index (Phi) is 6.03. The van der Waals surface area contributed by atoms with E-state index < -0.39 is 5.97 Å². The SMILES string of the molecule is COc1ccc(Br)cc1-c1nc(COC(=O)c2ccc(CO)cc2)cs1. The number of halogens is 1. The van der Waals surface area contributed by atoms with Crippen molar-refractivity contribution in [1.29, 1.82) is 0 Å². The van der Waals surface area contributed by atoms with Crippen LogP contribution in [0, 0.1) is 0 Å². The predicted octanol–water partition coefficient (Wildman–Crippen LogP) is 4.43. The molecular weight excluding hydrogens is 418 g/mol. The molecule has 26 heavy (non-hydrogen) atoms. The van der Waals surface area contributed by atoms with Gasteiger partial charge in [0.25, 0.3) is 0 Å². The Balaban J connectivity index is 1.69. The molecule has 0 saturated carbocycles. The lowest BCUT2D eigenvalue weighted by Crippen LogP contribution is -2.05. The van der Waals surface area contributed by atoms with Gasteiger partial charge in [-0.1, -0.05) is 28.1 Å². The van der Waals surface area contributed by atoms with Crippen LogP contribution >= 0.6 is 27.3 Å². The fraction of sp³-hybridized carbons (Fsp3) is 0.158. The van der Waals surface area contributed by atoms with Crippen molar-refractivity contribution in [3.63, 3.8) is 0 Å². The molecule has 0 bridgehead atoms. The number of aromatic nitrogens is 1. The highest BCUT2D eigenvalue weighted by molar-refractivity contribution is 9.10. The molecule has 1 heterocycles. The number of benzene rings is 2. The van der Waals surface area contributed by atoms with E-state index >= 15 is 0 Å². The van der Waals surface area contributed by atoms with Crippen LogP contribution in [0.2, 0.25) is 0 Å². The molecule has 3 aromatic rings. The lowest BCUT2D eigenvalue weighted by molar-refractivity contribution is 0.0468. The fourth-order valence-corrected chi connectivity index (χ4v) is 3.50. The Labute approximate surface area is 163 Å². The minimum Gasteiger partial charge on any atom is -0.496 e. The molecule has 0 aliphatic rings. The lowest BCUT2D eigenvalue weighted by Gasteiger charge is -2.06. The van der Waals surface area contributed by atoms with Crippen LogP contribution in [-0.4, -0.2) is 23.2 Å². The van der Waals surface area contributed by atoms with E-state index in [-0.39, 0.29) is 13.2 Å². The van der Waals surface area contributed by atoms with E-state index in [1.807, 2.05) is 23.6 Å². The first-order chi connectivity index (χ1) is 12.6. The number of hydrogen-bond donors (Lipinski definition) is 1. The number of methoxy groups -OCH3 is 1. The van der Waals surface area contributed by atoms with Crippen LogP contribution < -0.4 is 4.74 Å². The number of aliphatic hydroxyl groups is 1. The molecule has 0 atom stereocenters. The van der Waals surface area contributed by atoms with Crippen LogP contribution in [0.4, 0.5) is 0 Å². The first kappa shape index (κ1) is 18.6. The number of hydrogen-bond acceptors (Lipinski definition) is 6. The van der Waals surface area contributed by atoms with Crippen LogP contribution in [0.1, 0.15) is 21.6 Å². The molecule has 0 saturated heterocycles. The highest BCUT2D eigenvalue weighted by Gasteiger charge is 2.13. The van der Waals surface area contributed by atoms with Crippen molar-refractivity contribution in [3.8, 4) is 16.3 Å². The van der Waals surface area contributed by atoms with E-state index in [1.54, 1.807) is 31.4 Å². The number of thiazole rings is 1. The Morgan fingerprint density at radius 2 is 2.00 bits per heavy atom. The first-order valence-corrected chi connectivity index (χ1v) is 9.43. The quantitative estimate of drug-likeness (QED) is 0.582. The van der Waals surface area contributed by atoms with E-state index in [1.165, 1.54) is 11.3 Å². The summed E-state index contributed by atoms with van der Waals surface area (Å²) in [6, 6.07) is 12.4.